The predicted octanol–water partition coefficient (Wildman–Crippen LogP) is 1.59. The summed E-state index contributed by atoms with van der Waals surface area (Å²) in [4.78, 5) is 22.6. The number of hydrogen-bond acceptors (Lipinski definition) is 3. The molecule has 5 heteroatoms. The van der Waals surface area contributed by atoms with E-state index in [1.165, 1.54) is 0 Å². The standard InChI is InChI=1S/C14H19N3O2/c1-3-13(18)17-16-11(2)9-14(19)15-10-12-7-5-4-6-8-12/h4-8H,3,9-10H2,1-2H3,(H,15,19)(H,17,18). The number of amides is 2. The van der Waals surface area contributed by atoms with Gasteiger partial charge in [0.15, 0.2) is 0 Å². The first-order valence-corrected chi connectivity index (χ1v) is 6.24. The van der Waals surface area contributed by atoms with Crippen LogP contribution in [0.4, 0.5) is 0 Å². The second-order valence-electron chi connectivity index (χ2n) is 4.17. The normalized spacial score (nSPS) is 10.9. The molecule has 0 bridgehead atoms. The van der Waals surface area contributed by atoms with Crippen LogP contribution in [0.3, 0.4) is 0 Å². The molecule has 0 heterocycles. The van der Waals surface area contributed by atoms with E-state index >= 15 is 0 Å². The highest BCUT2D eigenvalue weighted by atomic mass is 16.2. The van der Waals surface area contributed by atoms with Gasteiger partial charge in [-0.05, 0) is 12.5 Å². The summed E-state index contributed by atoms with van der Waals surface area (Å²) in [6.07, 6.45) is 0.549. The zero-order chi connectivity index (χ0) is 14.1. The molecule has 1 aromatic carbocycles. The maximum Gasteiger partial charge on any atom is 0.239 e. The topological polar surface area (TPSA) is 70.6 Å². The maximum absolute atomic E-state index is 11.6. The van der Waals surface area contributed by atoms with Crippen LogP contribution in [0.15, 0.2) is 35.4 Å². The zero-order valence-electron chi connectivity index (χ0n) is 11.3. The summed E-state index contributed by atoms with van der Waals surface area (Å²) in [5.74, 6) is -0.278. The average molecular weight is 261 g/mol. The van der Waals surface area contributed by atoms with Gasteiger partial charge in [-0.15, -0.1) is 0 Å². The van der Waals surface area contributed by atoms with Crippen molar-refractivity contribution in [1.82, 2.24) is 10.7 Å². The van der Waals surface area contributed by atoms with E-state index in [9.17, 15) is 9.59 Å². The molecule has 0 unspecified atom stereocenters. The van der Waals surface area contributed by atoms with Gasteiger partial charge in [-0.25, -0.2) is 5.43 Å². The van der Waals surface area contributed by atoms with Crippen molar-refractivity contribution < 1.29 is 9.59 Å². The molecule has 0 saturated carbocycles. The fourth-order valence-electron chi connectivity index (χ4n) is 1.37. The van der Waals surface area contributed by atoms with Crippen molar-refractivity contribution in [2.75, 3.05) is 0 Å². The first-order chi connectivity index (χ1) is 9.11. The van der Waals surface area contributed by atoms with Crippen molar-refractivity contribution in [2.24, 2.45) is 5.10 Å². The number of nitrogens with zero attached hydrogens (tertiary/aromatic N) is 1. The van der Waals surface area contributed by atoms with Crippen LogP contribution in [-0.2, 0) is 16.1 Å². The molecule has 19 heavy (non-hydrogen) atoms. The molecule has 0 aliphatic heterocycles. The van der Waals surface area contributed by atoms with Gasteiger partial charge in [0.25, 0.3) is 0 Å². The molecular weight excluding hydrogens is 242 g/mol. The van der Waals surface area contributed by atoms with Gasteiger partial charge in [-0.2, -0.15) is 5.10 Å². The van der Waals surface area contributed by atoms with Gasteiger partial charge in [0.1, 0.15) is 0 Å². The third-order valence-electron chi connectivity index (χ3n) is 2.44. The minimum Gasteiger partial charge on any atom is -0.352 e. The summed E-state index contributed by atoms with van der Waals surface area (Å²) in [6.45, 7) is 3.94. The minimum atomic E-state index is -0.163. The number of hydrazone groups is 1. The number of carbonyl (C=O) groups excluding carboxylic acids is 2. The lowest BCUT2D eigenvalue weighted by Gasteiger charge is -2.05. The van der Waals surface area contributed by atoms with Crippen LogP contribution in [-0.4, -0.2) is 17.5 Å². The highest BCUT2D eigenvalue weighted by Gasteiger charge is 2.04. The second kappa shape index (κ2) is 8.02. The third kappa shape index (κ3) is 6.35. The zero-order valence-corrected chi connectivity index (χ0v) is 11.3. The summed E-state index contributed by atoms with van der Waals surface area (Å²) in [7, 11) is 0. The molecule has 5 nitrogen and oxygen atoms in total. The summed E-state index contributed by atoms with van der Waals surface area (Å²) < 4.78 is 0. The first kappa shape index (κ1) is 14.9. The molecule has 1 aromatic rings. The van der Waals surface area contributed by atoms with E-state index in [2.05, 4.69) is 15.8 Å². The highest BCUT2D eigenvalue weighted by molar-refractivity contribution is 6.00. The lowest BCUT2D eigenvalue weighted by Crippen LogP contribution is -2.26. The van der Waals surface area contributed by atoms with Gasteiger partial charge < -0.3 is 5.32 Å². The van der Waals surface area contributed by atoms with Gasteiger partial charge in [0.05, 0.1) is 6.42 Å². The van der Waals surface area contributed by atoms with Crippen molar-refractivity contribution in [2.45, 2.75) is 33.2 Å². The van der Waals surface area contributed by atoms with E-state index in [4.69, 9.17) is 0 Å². The molecule has 2 amide bonds. The van der Waals surface area contributed by atoms with Gasteiger partial charge in [-0.3, -0.25) is 9.59 Å². The highest BCUT2D eigenvalue weighted by Crippen LogP contribution is 1.97. The maximum atomic E-state index is 11.6. The van der Waals surface area contributed by atoms with Crippen LogP contribution in [0.1, 0.15) is 32.3 Å². The molecule has 0 aromatic heterocycles. The molecule has 0 saturated heterocycles. The number of nitrogens with one attached hydrogen (secondary N) is 2. The summed E-state index contributed by atoms with van der Waals surface area (Å²) in [6, 6.07) is 9.67. The lowest BCUT2D eigenvalue weighted by molar-refractivity contribution is -0.121. The van der Waals surface area contributed by atoms with E-state index < -0.39 is 0 Å². The van der Waals surface area contributed by atoms with Crippen molar-refractivity contribution in [1.29, 1.82) is 0 Å². The first-order valence-electron chi connectivity index (χ1n) is 6.24. The Bertz CT molecular complexity index is 455. The molecule has 102 valence electrons. The average Bonchev–Trinajstić information content (AvgIpc) is 2.43. The molecule has 0 spiro atoms. The van der Waals surface area contributed by atoms with E-state index in [1.807, 2.05) is 30.3 Å². The largest absolute Gasteiger partial charge is 0.352 e. The van der Waals surface area contributed by atoms with Gasteiger partial charge >= 0.3 is 0 Å². The van der Waals surface area contributed by atoms with E-state index in [0.717, 1.165) is 5.56 Å². The quantitative estimate of drug-likeness (QED) is 0.603. The fourth-order valence-corrected chi connectivity index (χ4v) is 1.37. The van der Waals surface area contributed by atoms with Crippen molar-refractivity contribution in [3.05, 3.63) is 35.9 Å². The van der Waals surface area contributed by atoms with Gasteiger partial charge in [0, 0.05) is 18.7 Å². The summed E-state index contributed by atoms with van der Waals surface area (Å²) in [5, 5.41) is 6.65. The van der Waals surface area contributed by atoms with Crippen LogP contribution in [0.2, 0.25) is 0 Å². The van der Waals surface area contributed by atoms with E-state index in [-0.39, 0.29) is 18.2 Å². The molecule has 0 aliphatic rings. The number of benzene rings is 1. The Labute approximate surface area is 113 Å². The molecule has 0 aliphatic carbocycles. The van der Waals surface area contributed by atoms with Crippen molar-refractivity contribution in [3.63, 3.8) is 0 Å². The van der Waals surface area contributed by atoms with Gasteiger partial charge in [0.2, 0.25) is 11.8 Å². The third-order valence-corrected chi connectivity index (χ3v) is 2.44. The van der Waals surface area contributed by atoms with Gasteiger partial charge in [-0.1, -0.05) is 37.3 Å². The Hall–Kier alpha value is -2.17. The Kier molecular flexibility index (Phi) is 6.29. The Morgan fingerprint density at radius 3 is 2.47 bits per heavy atom. The SMILES string of the molecule is CCC(=O)NN=C(C)CC(=O)NCc1ccccc1. The van der Waals surface area contributed by atoms with E-state index in [1.54, 1.807) is 13.8 Å². The second-order valence-corrected chi connectivity index (χ2v) is 4.17. The van der Waals surface area contributed by atoms with Crippen LogP contribution in [0.5, 0.6) is 0 Å². The fraction of sp³-hybridized carbons (Fsp3) is 0.357. The van der Waals surface area contributed by atoms with Crippen LogP contribution < -0.4 is 10.7 Å². The monoisotopic (exact) mass is 261 g/mol. The Morgan fingerprint density at radius 1 is 1.16 bits per heavy atom. The molecule has 0 atom stereocenters. The molecular formula is C14H19N3O2. The molecule has 1 rings (SSSR count). The van der Waals surface area contributed by atoms with Crippen LogP contribution in [0.25, 0.3) is 0 Å². The number of carbonyl (C=O) groups is 2. The molecule has 2 N–H and O–H groups in total. The van der Waals surface area contributed by atoms with E-state index in [0.29, 0.717) is 18.7 Å². The number of rotatable bonds is 6. The Morgan fingerprint density at radius 2 is 1.84 bits per heavy atom. The van der Waals surface area contributed by atoms with Crippen molar-refractivity contribution >= 4 is 17.5 Å². The molecule has 0 fully saturated rings. The lowest BCUT2D eigenvalue weighted by atomic mass is 10.2. The minimum absolute atomic E-state index is 0.115. The summed E-state index contributed by atoms with van der Waals surface area (Å²) in [5.41, 5.74) is 4.00. The predicted molar refractivity (Wildman–Crippen MR) is 74.4 cm³/mol. The molecule has 0 radical (unpaired) electrons. The Balaban J connectivity index is 2.33. The van der Waals surface area contributed by atoms with Crippen LogP contribution in [0, 0.1) is 0 Å². The number of hydrogen-bond donors (Lipinski definition) is 2. The summed E-state index contributed by atoms with van der Waals surface area (Å²) >= 11 is 0. The van der Waals surface area contributed by atoms with Crippen molar-refractivity contribution in [3.8, 4) is 0 Å². The smallest absolute Gasteiger partial charge is 0.239 e. The van der Waals surface area contributed by atoms with Crippen LogP contribution >= 0.6 is 0 Å².